The molecule has 0 amide bonds. The summed E-state index contributed by atoms with van der Waals surface area (Å²) in [6.45, 7) is 3.06. The van der Waals surface area contributed by atoms with E-state index in [1.807, 2.05) is 6.92 Å². The summed E-state index contributed by atoms with van der Waals surface area (Å²) in [5, 5.41) is 8.57. The van der Waals surface area contributed by atoms with Crippen LogP contribution in [0.4, 0.5) is 0 Å². The van der Waals surface area contributed by atoms with Gasteiger partial charge in [-0.1, -0.05) is 19.8 Å². The Morgan fingerprint density at radius 1 is 1.33 bits per heavy atom. The molecule has 0 rings (SSSR count). The standard InChI is InChI=1S/C10H16O5/c1-3-4-5-8(6-9(12)13)10(14)15-7(2)11/h8H,3-6H2,1-2H3,(H,12,13). The molecule has 0 aromatic rings. The van der Waals surface area contributed by atoms with Crippen LogP contribution in [0.3, 0.4) is 0 Å². The molecule has 0 aliphatic heterocycles. The fourth-order valence-corrected chi connectivity index (χ4v) is 1.19. The second kappa shape index (κ2) is 6.98. The molecule has 0 saturated heterocycles. The lowest BCUT2D eigenvalue weighted by molar-refractivity contribution is -0.163. The van der Waals surface area contributed by atoms with E-state index in [4.69, 9.17) is 5.11 Å². The molecule has 0 bridgehead atoms. The number of carboxylic acids is 1. The molecule has 0 heterocycles. The number of rotatable bonds is 6. The molecule has 0 fully saturated rings. The van der Waals surface area contributed by atoms with Gasteiger partial charge >= 0.3 is 17.9 Å². The van der Waals surface area contributed by atoms with Crippen LogP contribution in [0, 0.1) is 5.92 Å². The van der Waals surface area contributed by atoms with Crippen LogP contribution in [0.25, 0.3) is 0 Å². The first-order valence-electron chi connectivity index (χ1n) is 4.91. The Morgan fingerprint density at radius 2 is 1.93 bits per heavy atom. The van der Waals surface area contributed by atoms with Gasteiger partial charge < -0.3 is 9.84 Å². The van der Waals surface area contributed by atoms with Gasteiger partial charge in [-0.15, -0.1) is 0 Å². The molecule has 5 heteroatoms. The lowest BCUT2D eigenvalue weighted by Gasteiger charge is -2.11. The fourth-order valence-electron chi connectivity index (χ4n) is 1.19. The van der Waals surface area contributed by atoms with Crippen molar-refractivity contribution in [1.82, 2.24) is 0 Å². The summed E-state index contributed by atoms with van der Waals surface area (Å²) < 4.78 is 4.37. The first-order chi connectivity index (χ1) is 6.97. The number of carbonyl (C=O) groups is 3. The highest BCUT2D eigenvalue weighted by Gasteiger charge is 2.23. The van der Waals surface area contributed by atoms with Crippen LogP contribution in [0.2, 0.25) is 0 Å². The van der Waals surface area contributed by atoms with Crippen molar-refractivity contribution in [3.05, 3.63) is 0 Å². The molecule has 1 N–H and O–H groups in total. The average molecular weight is 216 g/mol. The number of esters is 2. The van der Waals surface area contributed by atoms with E-state index in [0.29, 0.717) is 6.42 Å². The lowest BCUT2D eigenvalue weighted by atomic mass is 9.99. The van der Waals surface area contributed by atoms with Crippen molar-refractivity contribution >= 4 is 17.9 Å². The van der Waals surface area contributed by atoms with Crippen LogP contribution in [0.5, 0.6) is 0 Å². The van der Waals surface area contributed by atoms with E-state index >= 15 is 0 Å². The molecule has 1 atom stereocenters. The molecule has 0 aliphatic carbocycles. The summed E-state index contributed by atoms with van der Waals surface area (Å²) in [7, 11) is 0. The zero-order chi connectivity index (χ0) is 11.8. The highest BCUT2D eigenvalue weighted by Crippen LogP contribution is 2.15. The molecule has 0 aliphatic rings. The molecule has 15 heavy (non-hydrogen) atoms. The van der Waals surface area contributed by atoms with E-state index in [1.54, 1.807) is 0 Å². The largest absolute Gasteiger partial charge is 0.481 e. The summed E-state index contributed by atoms with van der Waals surface area (Å²) in [6, 6.07) is 0. The zero-order valence-electron chi connectivity index (χ0n) is 8.99. The van der Waals surface area contributed by atoms with Gasteiger partial charge in [0.2, 0.25) is 0 Å². The molecule has 86 valence electrons. The van der Waals surface area contributed by atoms with Gasteiger partial charge in [-0.25, -0.2) is 0 Å². The van der Waals surface area contributed by atoms with E-state index in [1.165, 1.54) is 0 Å². The van der Waals surface area contributed by atoms with Crippen LogP contribution in [0.1, 0.15) is 39.5 Å². The third kappa shape index (κ3) is 6.65. The Morgan fingerprint density at radius 3 is 2.33 bits per heavy atom. The number of aliphatic carboxylic acids is 1. The van der Waals surface area contributed by atoms with Crippen LogP contribution in [-0.4, -0.2) is 23.0 Å². The first kappa shape index (κ1) is 13.6. The van der Waals surface area contributed by atoms with Crippen LogP contribution >= 0.6 is 0 Å². The molecular formula is C10H16O5. The van der Waals surface area contributed by atoms with Crippen LogP contribution < -0.4 is 0 Å². The zero-order valence-corrected chi connectivity index (χ0v) is 8.99. The third-order valence-corrected chi connectivity index (χ3v) is 1.90. The Labute approximate surface area is 88.4 Å². The van der Waals surface area contributed by atoms with Gasteiger partial charge in [0.05, 0.1) is 12.3 Å². The lowest BCUT2D eigenvalue weighted by Crippen LogP contribution is -2.22. The monoisotopic (exact) mass is 216 g/mol. The topological polar surface area (TPSA) is 80.7 Å². The van der Waals surface area contributed by atoms with Crippen molar-refractivity contribution in [3.63, 3.8) is 0 Å². The van der Waals surface area contributed by atoms with Gasteiger partial charge in [0.25, 0.3) is 0 Å². The predicted molar refractivity (Wildman–Crippen MR) is 52.0 cm³/mol. The van der Waals surface area contributed by atoms with Gasteiger partial charge in [0.1, 0.15) is 0 Å². The molecular weight excluding hydrogens is 200 g/mol. The summed E-state index contributed by atoms with van der Waals surface area (Å²) in [6.07, 6.45) is 1.76. The molecule has 0 saturated carbocycles. The van der Waals surface area contributed by atoms with Gasteiger partial charge in [0.15, 0.2) is 0 Å². The van der Waals surface area contributed by atoms with E-state index in [-0.39, 0.29) is 6.42 Å². The Balaban J connectivity index is 4.26. The Kier molecular flexibility index (Phi) is 6.33. The molecule has 0 radical (unpaired) electrons. The quantitative estimate of drug-likeness (QED) is 0.535. The van der Waals surface area contributed by atoms with E-state index in [9.17, 15) is 14.4 Å². The predicted octanol–water partition coefficient (Wildman–Crippen LogP) is 1.36. The van der Waals surface area contributed by atoms with Crippen molar-refractivity contribution in [2.45, 2.75) is 39.5 Å². The van der Waals surface area contributed by atoms with Crippen LogP contribution in [0.15, 0.2) is 0 Å². The van der Waals surface area contributed by atoms with Crippen molar-refractivity contribution in [2.75, 3.05) is 0 Å². The molecule has 5 nitrogen and oxygen atoms in total. The van der Waals surface area contributed by atoms with Gasteiger partial charge in [0, 0.05) is 6.92 Å². The van der Waals surface area contributed by atoms with Crippen molar-refractivity contribution in [3.8, 4) is 0 Å². The summed E-state index contributed by atoms with van der Waals surface area (Å²) in [5.41, 5.74) is 0. The maximum atomic E-state index is 11.3. The van der Waals surface area contributed by atoms with Gasteiger partial charge in [-0.05, 0) is 6.42 Å². The minimum atomic E-state index is -1.06. The SMILES string of the molecule is CCCCC(CC(=O)O)C(=O)OC(C)=O. The fraction of sp³-hybridized carbons (Fsp3) is 0.700. The summed E-state index contributed by atoms with van der Waals surface area (Å²) in [4.78, 5) is 32.3. The normalized spacial score (nSPS) is 11.9. The Hall–Kier alpha value is -1.39. The summed E-state index contributed by atoms with van der Waals surface area (Å²) >= 11 is 0. The van der Waals surface area contributed by atoms with Crippen molar-refractivity contribution in [2.24, 2.45) is 5.92 Å². The van der Waals surface area contributed by atoms with E-state index in [0.717, 1.165) is 19.8 Å². The highest BCUT2D eigenvalue weighted by atomic mass is 16.6. The highest BCUT2D eigenvalue weighted by molar-refractivity contribution is 5.87. The average Bonchev–Trinajstić information content (AvgIpc) is 2.10. The number of carbonyl (C=O) groups excluding carboxylic acids is 2. The van der Waals surface area contributed by atoms with E-state index < -0.39 is 23.8 Å². The molecule has 1 unspecified atom stereocenters. The number of hydrogen-bond donors (Lipinski definition) is 1. The Bertz CT molecular complexity index is 246. The number of carboxylic acid groups (broad SMARTS) is 1. The van der Waals surface area contributed by atoms with Gasteiger partial charge in [-0.2, -0.15) is 0 Å². The molecule has 0 aromatic heterocycles. The van der Waals surface area contributed by atoms with Crippen LogP contribution in [-0.2, 0) is 19.1 Å². The number of unbranched alkanes of at least 4 members (excludes halogenated alkanes) is 1. The number of ether oxygens (including phenoxy) is 1. The van der Waals surface area contributed by atoms with E-state index in [2.05, 4.69) is 4.74 Å². The first-order valence-corrected chi connectivity index (χ1v) is 4.91. The minimum absolute atomic E-state index is 0.286. The third-order valence-electron chi connectivity index (χ3n) is 1.90. The maximum Gasteiger partial charge on any atom is 0.317 e. The molecule has 0 aromatic carbocycles. The smallest absolute Gasteiger partial charge is 0.317 e. The second-order valence-corrected chi connectivity index (χ2v) is 3.35. The van der Waals surface area contributed by atoms with Crippen molar-refractivity contribution < 1.29 is 24.2 Å². The number of hydrogen-bond acceptors (Lipinski definition) is 4. The minimum Gasteiger partial charge on any atom is -0.481 e. The second-order valence-electron chi connectivity index (χ2n) is 3.35. The van der Waals surface area contributed by atoms with Crippen molar-refractivity contribution in [1.29, 1.82) is 0 Å². The maximum absolute atomic E-state index is 11.3. The summed E-state index contributed by atoms with van der Waals surface area (Å²) in [5.74, 6) is -3.21. The van der Waals surface area contributed by atoms with Gasteiger partial charge in [-0.3, -0.25) is 14.4 Å². The molecule has 0 spiro atoms.